The van der Waals surface area contributed by atoms with E-state index in [1.54, 1.807) is 27.7 Å². The van der Waals surface area contributed by atoms with Crippen LogP contribution in [0.5, 0.6) is 0 Å². The summed E-state index contributed by atoms with van der Waals surface area (Å²) in [5.74, 6) is -3.10. The Labute approximate surface area is 135 Å². The monoisotopic (exact) mass is 380 g/mol. The van der Waals surface area contributed by atoms with Gasteiger partial charge in [0.05, 0.1) is 12.2 Å². The molecule has 0 spiro atoms. The molecule has 1 aromatic heterocycles. The highest BCUT2D eigenvalue weighted by atomic mass is 79.9. The number of nitrogens with zero attached hydrogens (tertiary/aromatic N) is 4. The lowest BCUT2D eigenvalue weighted by atomic mass is 10.0. The number of halogens is 3. The first-order valence-corrected chi connectivity index (χ1v) is 7.73. The molecule has 1 saturated heterocycles. The third-order valence-corrected chi connectivity index (χ3v) is 4.11. The van der Waals surface area contributed by atoms with Crippen LogP contribution in [-0.2, 0) is 4.74 Å². The van der Waals surface area contributed by atoms with Gasteiger partial charge in [-0.25, -0.2) is 18.3 Å². The number of amides is 1. The molecule has 0 aromatic carbocycles. The van der Waals surface area contributed by atoms with Gasteiger partial charge in [-0.15, -0.1) is 5.10 Å². The number of carbonyl (C=O) groups is 1. The van der Waals surface area contributed by atoms with Crippen molar-refractivity contribution in [3.05, 3.63) is 10.3 Å². The average Bonchev–Trinajstić information content (AvgIpc) is 2.67. The molecule has 1 amide bonds. The van der Waals surface area contributed by atoms with Gasteiger partial charge in [0.15, 0.2) is 4.60 Å². The quantitative estimate of drug-likeness (QED) is 0.750. The molecular formula is C13H19BrF2N4O2. The largest absolute Gasteiger partial charge is 0.444 e. The van der Waals surface area contributed by atoms with E-state index in [1.807, 2.05) is 0 Å². The van der Waals surface area contributed by atoms with Crippen LogP contribution < -0.4 is 0 Å². The number of rotatable bonds is 1. The SMILES string of the molecule is Cc1c(Br)nnn1[C@@H]1CCN(C(=O)OC(C)(C)C)CC1(F)F. The van der Waals surface area contributed by atoms with Crippen molar-refractivity contribution in [2.24, 2.45) is 0 Å². The second-order valence-corrected chi connectivity index (χ2v) is 7.13. The molecule has 0 aliphatic carbocycles. The van der Waals surface area contributed by atoms with Crippen LogP contribution in [-0.4, -0.2) is 50.6 Å². The lowest BCUT2D eigenvalue weighted by Gasteiger charge is -2.38. The lowest BCUT2D eigenvalue weighted by molar-refractivity contribution is -0.107. The number of ether oxygens (including phenoxy) is 1. The minimum Gasteiger partial charge on any atom is -0.444 e. The van der Waals surface area contributed by atoms with E-state index in [9.17, 15) is 13.6 Å². The van der Waals surface area contributed by atoms with Crippen LogP contribution in [0.2, 0.25) is 0 Å². The van der Waals surface area contributed by atoms with Crippen LogP contribution in [0.25, 0.3) is 0 Å². The second kappa shape index (κ2) is 5.75. The van der Waals surface area contributed by atoms with E-state index in [4.69, 9.17) is 4.74 Å². The Morgan fingerprint density at radius 3 is 2.55 bits per heavy atom. The summed E-state index contributed by atoms with van der Waals surface area (Å²) in [5, 5.41) is 7.52. The molecule has 0 bridgehead atoms. The first kappa shape index (κ1) is 17.1. The summed E-state index contributed by atoms with van der Waals surface area (Å²) < 4.78 is 35.7. The van der Waals surface area contributed by atoms with Crippen molar-refractivity contribution in [2.75, 3.05) is 13.1 Å². The maximum Gasteiger partial charge on any atom is 0.410 e. The highest BCUT2D eigenvalue weighted by molar-refractivity contribution is 9.10. The normalized spacial score (nSPS) is 21.8. The molecular weight excluding hydrogens is 362 g/mol. The van der Waals surface area contributed by atoms with Crippen LogP contribution in [0.3, 0.4) is 0 Å². The summed E-state index contributed by atoms with van der Waals surface area (Å²) in [4.78, 5) is 13.0. The van der Waals surface area contributed by atoms with Crippen LogP contribution in [0.1, 0.15) is 38.9 Å². The molecule has 9 heteroatoms. The Morgan fingerprint density at radius 1 is 1.45 bits per heavy atom. The summed E-state index contributed by atoms with van der Waals surface area (Å²) in [6.45, 7) is 6.26. The number of piperidine rings is 1. The van der Waals surface area contributed by atoms with E-state index in [0.717, 1.165) is 4.90 Å². The van der Waals surface area contributed by atoms with Crippen LogP contribution in [0.4, 0.5) is 13.6 Å². The minimum atomic E-state index is -3.10. The Bertz CT molecular complexity index is 571. The molecule has 6 nitrogen and oxygen atoms in total. The van der Waals surface area contributed by atoms with E-state index in [0.29, 0.717) is 10.3 Å². The third kappa shape index (κ3) is 3.56. The number of hydrogen-bond acceptors (Lipinski definition) is 4. The highest BCUT2D eigenvalue weighted by Crippen LogP contribution is 2.37. The summed E-state index contributed by atoms with van der Waals surface area (Å²) in [7, 11) is 0. The van der Waals surface area contributed by atoms with Gasteiger partial charge in [0.1, 0.15) is 11.6 Å². The molecule has 0 N–H and O–H groups in total. The first-order valence-electron chi connectivity index (χ1n) is 6.94. The third-order valence-electron chi connectivity index (χ3n) is 3.38. The highest BCUT2D eigenvalue weighted by Gasteiger charge is 2.48. The zero-order chi connectivity index (χ0) is 16.7. The average molecular weight is 381 g/mol. The zero-order valence-electron chi connectivity index (χ0n) is 12.9. The summed E-state index contributed by atoms with van der Waals surface area (Å²) in [6.07, 6.45) is -0.634. The first-order chi connectivity index (χ1) is 10.0. The predicted octanol–water partition coefficient (Wildman–Crippen LogP) is 3.17. The zero-order valence-corrected chi connectivity index (χ0v) is 14.5. The van der Waals surface area contributed by atoms with Crippen LogP contribution in [0.15, 0.2) is 4.60 Å². The molecule has 1 aliphatic rings. The summed E-state index contributed by atoms with van der Waals surface area (Å²) in [5.41, 5.74) is -0.174. The van der Waals surface area contributed by atoms with Gasteiger partial charge in [-0.3, -0.25) is 0 Å². The molecule has 22 heavy (non-hydrogen) atoms. The van der Waals surface area contributed by atoms with E-state index in [2.05, 4.69) is 26.2 Å². The summed E-state index contributed by atoms with van der Waals surface area (Å²) in [6, 6.07) is -1.12. The topological polar surface area (TPSA) is 60.2 Å². The maximum absolute atomic E-state index is 14.4. The second-order valence-electron chi connectivity index (χ2n) is 6.38. The fraction of sp³-hybridized carbons (Fsp3) is 0.769. The molecule has 124 valence electrons. The molecule has 1 aliphatic heterocycles. The molecule has 1 atom stereocenters. The molecule has 2 rings (SSSR count). The van der Waals surface area contributed by atoms with Crippen molar-refractivity contribution in [1.82, 2.24) is 19.9 Å². The molecule has 1 aromatic rings. The van der Waals surface area contributed by atoms with E-state index in [-0.39, 0.29) is 13.0 Å². The molecule has 0 unspecified atom stereocenters. The molecule has 0 saturated carbocycles. The van der Waals surface area contributed by atoms with Gasteiger partial charge in [-0.1, -0.05) is 5.21 Å². The predicted molar refractivity (Wildman–Crippen MR) is 78.9 cm³/mol. The van der Waals surface area contributed by atoms with Crippen molar-refractivity contribution in [2.45, 2.75) is 51.7 Å². The van der Waals surface area contributed by atoms with Crippen molar-refractivity contribution in [3.63, 3.8) is 0 Å². The molecule has 0 radical (unpaired) electrons. The van der Waals surface area contributed by atoms with Gasteiger partial charge < -0.3 is 9.64 Å². The Balaban J connectivity index is 2.13. The summed E-state index contributed by atoms with van der Waals surface area (Å²) >= 11 is 3.16. The molecule has 1 fully saturated rings. The molecule has 2 heterocycles. The Kier molecular flexibility index (Phi) is 4.47. The number of hydrogen-bond donors (Lipinski definition) is 0. The Hall–Kier alpha value is -1.25. The van der Waals surface area contributed by atoms with E-state index in [1.165, 1.54) is 4.68 Å². The fourth-order valence-electron chi connectivity index (χ4n) is 2.33. The van der Waals surface area contributed by atoms with Crippen LogP contribution in [0, 0.1) is 6.92 Å². The number of aromatic nitrogens is 3. The van der Waals surface area contributed by atoms with Gasteiger partial charge in [-0.2, -0.15) is 0 Å². The van der Waals surface area contributed by atoms with Gasteiger partial charge >= 0.3 is 6.09 Å². The van der Waals surface area contributed by atoms with Gasteiger partial charge in [0.25, 0.3) is 5.92 Å². The lowest BCUT2D eigenvalue weighted by Crippen LogP contribution is -2.52. The van der Waals surface area contributed by atoms with Gasteiger partial charge in [0, 0.05) is 6.54 Å². The van der Waals surface area contributed by atoms with Crippen molar-refractivity contribution >= 4 is 22.0 Å². The number of carbonyl (C=O) groups excluding carboxylic acids is 1. The smallest absolute Gasteiger partial charge is 0.410 e. The van der Waals surface area contributed by atoms with E-state index < -0.39 is 30.2 Å². The van der Waals surface area contributed by atoms with Crippen molar-refractivity contribution in [1.29, 1.82) is 0 Å². The van der Waals surface area contributed by atoms with Crippen LogP contribution >= 0.6 is 15.9 Å². The van der Waals surface area contributed by atoms with Gasteiger partial charge in [0.2, 0.25) is 0 Å². The van der Waals surface area contributed by atoms with Crippen molar-refractivity contribution in [3.8, 4) is 0 Å². The standard InChI is InChI=1S/C13H19BrF2N4O2/c1-8-10(14)17-18-20(8)9-5-6-19(7-13(9,15)16)11(21)22-12(2,3)4/h9H,5-7H2,1-4H3/t9-/m1/s1. The maximum atomic E-state index is 14.4. The Morgan fingerprint density at radius 2 is 2.09 bits per heavy atom. The number of likely N-dealkylation sites (tertiary alicyclic amines) is 1. The van der Waals surface area contributed by atoms with E-state index >= 15 is 0 Å². The fourth-order valence-corrected chi connectivity index (χ4v) is 2.58. The van der Waals surface area contributed by atoms with Crippen molar-refractivity contribution < 1.29 is 18.3 Å². The minimum absolute atomic E-state index is 0.0862. The number of alkyl halides is 2. The van der Waals surface area contributed by atoms with Gasteiger partial charge in [-0.05, 0) is 50.0 Å².